The number of nitriles is 1. The number of ether oxygens (including phenoxy) is 1. The number of nitrogens with one attached hydrogen (secondary N) is 2. The summed E-state index contributed by atoms with van der Waals surface area (Å²) in [5.41, 5.74) is 3.02. The number of hydrogen-bond acceptors (Lipinski definition) is 6. The summed E-state index contributed by atoms with van der Waals surface area (Å²) in [5, 5.41) is 15.0. The average molecular weight is 511 g/mol. The maximum Gasteiger partial charge on any atom is 0.408 e. The van der Waals surface area contributed by atoms with E-state index in [2.05, 4.69) is 23.3 Å². The molecule has 0 aliphatic rings. The van der Waals surface area contributed by atoms with Gasteiger partial charge in [0.15, 0.2) is 0 Å². The molecule has 2 aromatic rings. The number of alkyl carbamates (subject to hydrolysis) is 1. The van der Waals surface area contributed by atoms with Gasteiger partial charge < -0.3 is 20.3 Å². The number of aryl methyl sites for hydroxylation is 2. The number of benzene rings is 2. The fraction of sp³-hybridized carbons (Fsp3) is 0.407. The predicted octanol–water partition coefficient (Wildman–Crippen LogP) is 4.47. The third kappa shape index (κ3) is 7.49. The lowest BCUT2D eigenvalue weighted by atomic mass is 9.95. The monoisotopic (exact) mass is 510 g/mol. The zero-order valence-corrected chi connectivity index (χ0v) is 22.5. The van der Waals surface area contributed by atoms with E-state index in [0.717, 1.165) is 16.7 Å². The lowest BCUT2D eigenvalue weighted by Crippen LogP contribution is -2.53. The molecule has 3 amide bonds. The largest absolute Gasteiger partial charge is 0.444 e. The topological polar surface area (TPSA) is 112 Å². The van der Waals surface area contributed by atoms with Crippen molar-refractivity contribution in [3.63, 3.8) is 0 Å². The van der Waals surface area contributed by atoms with Crippen molar-refractivity contribution >= 4 is 36.2 Å². The first kappa shape index (κ1) is 28.7. The third-order valence-corrected chi connectivity index (χ3v) is 5.96. The minimum Gasteiger partial charge on any atom is -0.444 e. The summed E-state index contributed by atoms with van der Waals surface area (Å²) in [6, 6.07) is 12.5. The van der Waals surface area contributed by atoms with E-state index in [9.17, 15) is 19.6 Å². The molecule has 0 aliphatic carbocycles. The molecule has 192 valence electrons. The number of nitrogens with zero attached hydrogens (tertiary/aromatic N) is 2. The SMILES string of the molecule is Cc1ccccc1NC(=O)C(c1cccc(C)c1C)N(CC#N)C(=O)C(CS)NC(=O)OC(C)(C)C. The van der Waals surface area contributed by atoms with E-state index >= 15 is 0 Å². The Morgan fingerprint density at radius 3 is 2.28 bits per heavy atom. The number of rotatable bonds is 8. The van der Waals surface area contributed by atoms with Crippen molar-refractivity contribution in [3.05, 3.63) is 64.7 Å². The van der Waals surface area contributed by atoms with Gasteiger partial charge in [-0.2, -0.15) is 17.9 Å². The summed E-state index contributed by atoms with van der Waals surface area (Å²) in [7, 11) is 0. The highest BCUT2D eigenvalue weighted by atomic mass is 32.1. The minimum absolute atomic E-state index is 0.0566. The molecule has 0 spiro atoms. The third-order valence-electron chi connectivity index (χ3n) is 5.60. The number of thiol groups is 1. The molecule has 36 heavy (non-hydrogen) atoms. The van der Waals surface area contributed by atoms with Gasteiger partial charge in [0.25, 0.3) is 5.91 Å². The fourth-order valence-corrected chi connectivity index (χ4v) is 3.89. The first-order chi connectivity index (χ1) is 16.9. The summed E-state index contributed by atoms with van der Waals surface area (Å²) in [4.78, 5) is 41.0. The van der Waals surface area contributed by atoms with Crippen LogP contribution in [0.15, 0.2) is 42.5 Å². The van der Waals surface area contributed by atoms with Gasteiger partial charge in [-0.3, -0.25) is 9.59 Å². The molecule has 9 heteroatoms. The van der Waals surface area contributed by atoms with E-state index in [1.54, 1.807) is 45.0 Å². The van der Waals surface area contributed by atoms with Crippen LogP contribution in [-0.4, -0.2) is 46.7 Å². The molecule has 0 radical (unpaired) electrons. The van der Waals surface area contributed by atoms with Crippen LogP contribution < -0.4 is 10.6 Å². The van der Waals surface area contributed by atoms with Crippen LogP contribution in [0, 0.1) is 32.1 Å². The zero-order chi connectivity index (χ0) is 27.0. The van der Waals surface area contributed by atoms with Crippen molar-refractivity contribution < 1.29 is 19.1 Å². The second kappa shape index (κ2) is 12.5. The van der Waals surface area contributed by atoms with Crippen LogP contribution in [0.2, 0.25) is 0 Å². The van der Waals surface area contributed by atoms with E-state index in [1.165, 1.54) is 4.90 Å². The first-order valence-corrected chi connectivity index (χ1v) is 12.2. The van der Waals surface area contributed by atoms with Crippen LogP contribution in [0.5, 0.6) is 0 Å². The molecule has 2 N–H and O–H groups in total. The van der Waals surface area contributed by atoms with Crippen molar-refractivity contribution in [2.45, 2.75) is 59.2 Å². The van der Waals surface area contributed by atoms with Crippen molar-refractivity contribution in [3.8, 4) is 6.07 Å². The average Bonchev–Trinajstić information content (AvgIpc) is 2.79. The van der Waals surface area contributed by atoms with Crippen LogP contribution in [0.4, 0.5) is 10.5 Å². The molecular weight excluding hydrogens is 476 g/mol. The normalized spacial score (nSPS) is 12.6. The standard InChI is InChI=1S/C27H34N4O4S/c1-17-11-9-12-20(19(17)3)23(24(32)29-21-13-8-7-10-18(21)2)31(15-14-28)25(33)22(16-36)30-26(34)35-27(4,5)6/h7-13,22-23,36H,15-16H2,1-6H3,(H,29,32)(H,30,34). The molecule has 0 saturated heterocycles. The Hall–Kier alpha value is -3.51. The number of amides is 3. The predicted molar refractivity (Wildman–Crippen MR) is 143 cm³/mol. The summed E-state index contributed by atoms with van der Waals surface area (Å²) < 4.78 is 5.28. The summed E-state index contributed by atoms with van der Waals surface area (Å²) in [6.07, 6.45) is -0.792. The van der Waals surface area contributed by atoms with E-state index in [0.29, 0.717) is 11.3 Å². The number of hydrogen-bond donors (Lipinski definition) is 3. The minimum atomic E-state index is -1.13. The Morgan fingerprint density at radius 2 is 1.69 bits per heavy atom. The van der Waals surface area contributed by atoms with E-state index < -0.39 is 35.6 Å². The van der Waals surface area contributed by atoms with Crippen molar-refractivity contribution in [1.29, 1.82) is 5.26 Å². The molecule has 2 rings (SSSR count). The van der Waals surface area contributed by atoms with Gasteiger partial charge in [0.05, 0.1) is 6.07 Å². The maximum absolute atomic E-state index is 13.7. The highest BCUT2D eigenvalue weighted by Crippen LogP contribution is 2.29. The van der Waals surface area contributed by atoms with Crippen molar-refractivity contribution in [2.75, 3.05) is 17.6 Å². The molecule has 2 unspecified atom stereocenters. The number of para-hydroxylation sites is 1. The van der Waals surface area contributed by atoms with Gasteiger partial charge in [-0.1, -0.05) is 36.4 Å². The van der Waals surface area contributed by atoms with Crippen LogP contribution in [0.3, 0.4) is 0 Å². The Labute approximate surface area is 218 Å². The Morgan fingerprint density at radius 1 is 1.06 bits per heavy atom. The molecule has 0 saturated carbocycles. The summed E-state index contributed by atoms with van der Waals surface area (Å²) in [5.74, 6) is -1.15. The van der Waals surface area contributed by atoms with Gasteiger partial charge in [-0.15, -0.1) is 0 Å². The Bertz CT molecular complexity index is 1150. The van der Waals surface area contributed by atoms with E-state index in [1.807, 2.05) is 45.0 Å². The fourth-order valence-electron chi connectivity index (χ4n) is 3.64. The van der Waals surface area contributed by atoms with Gasteiger partial charge in [-0.25, -0.2) is 4.79 Å². The van der Waals surface area contributed by atoms with Crippen LogP contribution in [0.25, 0.3) is 0 Å². The number of carbonyl (C=O) groups is 3. The van der Waals surface area contributed by atoms with Gasteiger partial charge in [0.1, 0.15) is 24.2 Å². The van der Waals surface area contributed by atoms with Gasteiger partial charge >= 0.3 is 6.09 Å². The second-order valence-electron chi connectivity index (χ2n) is 9.50. The maximum atomic E-state index is 13.7. The number of anilines is 1. The second-order valence-corrected chi connectivity index (χ2v) is 9.87. The quantitative estimate of drug-likeness (QED) is 0.358. The molecule has 0 bridgehead atoms. The van der Waals surface area contributed by atoms with Crippen LogP contribution in [-0.2, 0) is 14.3 Å². The molecule has 0 aromatic heterocycles. The van der Waals surface area contributed by atoms with Crippen molar-refractivity contribution in [1.82, 2.24) is 10.2 Å². The smallest absolute Gasteiger partial charge is 0.408 e. The molecule has 8 nitrogen and oxygen atoms in total. The van der Waals surface area contributed by atoms with Crippen LogP contribution in [0.1, 0.15) is 49.1 Å². The van der Waals surface area contributed by atoms with Crippen LogP contribution >= 0.6 is 12.6 Å². The van der Waals surface area contributed by atoms with Gasteiger partial charge in [0, 0.05) is 11.4 Å². The van der Waals surface area contributed by atoms with E-state index in [4.69, 9.17) is 4.74 Å². The molecule has 0 aliphatic heterocycles. The first-order valence-electron chi connectivity index (χ1n) is 11.6. The lowest BCUT2D eigenvalue weighted by molar-refractivity contribution is -0.139. The molecule has 0 fully saturated rings. The highest BCUT2D eigenvalue weighted by Gasteiger charge is 2.36. The molecule has 2 aromatic carbocycles. The molecular formula is C27H34N4O4S. The molecule has 0 heterocycles. The summed E-state index contributed by atoms with van der Waals surface area (Å²) >= 11 is 4.24. The zero-order valence-electron chi connectivity index (χ0n) is 21.6. The summed E-state index contributed by atoms with van der Waals surface area (Å²) in [6.45, 7) is 10.4. The molecule has 2 atom stereocenters. The Balaban J connectivity index is 2.52. The highest BCUT2D eigenvalue weighted by molar-refractivity contribution is 7.80. The van der Waals surface area contributed by atoms with Gasteiger partial charge in [0.2, 0.25) is 5.91 Å². The lowest BCUT2D eigenvalue weighted by Gasteiger charge is -2.33. The van der Waals surface area contributed by atoms with Gasteiger partial charge in [-0.05, 0) is 69.9 Å². The Kier molecular flexibility index (Phi) is 9.93. The van der Waals surface area contributed by atoms with E-state index in [-0.39, 0.29) is 12.3 Å². The number of carbonyl (C=O) groups excluding carboxylic acids is 3. The van der Waals surface area contributed by atoms with Crippen molar-refractivity contribution in [2.24, 2.45) is 0 Å².